The average Bonchev–Trinajstić information content (AvgIpc) is 2.79. The molecule has 0 radical (unpaired) electrons. The minimum Gasteiger partial charge on any atom is -0.324 e. The lowest BCUT2D eigenvalue weighted by Gasteiger charge is -2.36. The number of aromatic nitrogens is 2. The van der Waals surface area contributed by atoms with Gasteiger partial charge in [0.05, 0.1) is 23.2 Å². The van der Waals surface area contributed by atoms with Crippen LogP contribution in [0.25, 0.3) is 0 Å². The number of sulfone groups is 1. The Labute approximate surface area is 120 Å². The predicted molar refractivity (Wildman–Crippen MR) is 78.2 cm³/mol. The van der Waals surface area contributed by atoms with E-state index >= 15 is 0 Å². The van der Waals surface area contributed by atoms with Crippen LogP contribution < -0.4 is 5.73 Å². The van der Waals surface area contributed by atoms with Crippen molar-refractivity contribution in [1.82, 2.24) is 9.78 Å². The first-order valence-corrected chi connectivity index (χ1v) is 8.97. The van der Waals surface area contributed by atoms with Crippen LogP contribution in [-0.4, -0.2) is 29.7 Å². The van der Waals surface area contributed by atoms with Crippen molar-refractivity contribution in [1.29, 1.82) is 0 Å². The topological polar surface area (TPSA) is 78.0 Å². The number of fused-ring (bicyclic) bond motifs is 1. The Morgan fingerprint density at radius 3 is 2.70 bits per heavy atom. The van der Waals surface area contributed by atoms with Crippen LogP contribution in [0.5, 0.6) is 0 Å². The van der Waals surface area contributed by atoms with Crippen molar-refractivity contribution in [2.24, 2.45) is 11.1 Å². The van der Waals surface area contributed by atoms with Crippen molar-refractivity contribution >= 4 is 9.84 Å². The summed E-state index contributed by atoms with van der Waals surface area (Å²) in [4.78, 5) is 0. The molecule has 2 heterocycles. The van der Waals surface area contributed by atoms with E-state index in [1.807, 2.05) is 17.8 Å². The van der Waals surface area contributed by atoms with E-state index in [2.05, 4.69) is 18.9 Å². The van der Waals surface area contributed by atoms with Gasteiger partial charge in [-0.05, 0) is 31.6 Å². The van der Waals surface area contributed by atoms with Gasteiger partial charge in [-0.3, -0.25) is 4.68 Å². The molecule has 5 nitrogen and oxygen atoms in total. The summed E-state index contributed by atoms with van der Waals surface area (Å²) < 4.78 is 25.6. The first-order chi connectivity index (χ1) is 9.12. The molecular weight excluding hydrogens is 274 g/mol. The Hall–Kier alpha value is -0.880. The van der Waals surface area contributed by atoms with E-state index in [1.54, 1.807) is 0 Å². The molecule has 6 heteroatoms. The second-order valence-electron chi connectivity index (χ2n) is 7.45. The third kappa shape index (κ3) is 2.19. The summed E-state index contributed by atoms with van der Waals surface area (Å²) in [6.07, 6.45) is 4.33. The molecule has 3 rings (SSSR count). The van der Waals surface area contributed by atoms with Crippen molar-refractivity contribution in [3.05, 3.63) is 17.5 Å². The Kier molecular flexibility index (Phi) is 2.86. The lowest BCUT2D eigenvalue weighted by molar-refractivity contribution is 0.250. The minimum atomic E-state index is -2.94. The highest BCUT2D eigenvalue weighted by Crippen LogP contribution is 2.42. The highest BCUT2D eigenvalue weighted by atomic mass is 32.2. The van der Waals surface area contributed by atoms with E-state index in [1.165, 1.54) is 0 Å². The van der Waals surface area contributed by atoms with E-state index < -0.39 is 15.4 Å². The van der Waals surface area contributed by atoms with Crippen molar-refractivity contribution in [3.63, 3.8) is 0 Å². The summed E-state index contributed by atoms with van der Waals surface area (Å²) in [6, 6.07) is 0.00381. The summed E-state index contributed by atoms with van der Waals surface area (Å²) >= 11 is 0. The third-order valence-corrected chi connectivity index (χ3v) is 6.60. The summed E-state index contributed by atoms with van der Waals surface area (Å²) in [6.45, 7) is 6.42. The molecule has 0 spiro atoms. The summed E-state index contributed by atoms with van der Waals surface area (Å²) in [5.74, 6) is 0.442. The van der Waals surface area contributed by atoms with Crippen LogP contribution in [0.1, 0.15) is 50.9 Å². The molecule has 2 N–H and O–H groups in total. The molecule has 0 saturated carbocycles. The molecule has 112 valence electrons. The number of rotatable bonds is 1. The van der Waals surface area contributed by atoms with Gasteiger partial charge in [0.25, 0.3) is 0 Å². The maximum Gasteiger partial charge on any atom is 0.152 e. The number of hydrogen-bond donors (Lipinski definition) is 1. The summed E-state index contributed by atoms with van der Waals surface area (Å²) in [7, 11) is -2.94. The fourth-order valence-corrected chi connectivity index (χ4v) is 5.84. The van der Waals surface area contributed by atoms with Gasteiger partial charge < -0.3 is 5.73 Å². The Bertz CT molecular complexity index is 647. The van der Waals surface area contributed by atoms with Crippen LogP contribution in [0, 0.1) is 5.41 Å². The number of nitrogens with two attached hydrogens (primary N) is 1. The lowest BCUT2D eigenvalue weighted by atomic mass is 9.74. The number of hydrogen-bond acceptors (Lipinski definition) is 4. The van der Waals surface area contributed by atoms with Crippen LogP contribution in [0.15, 0.2) is 6.20 Å². The highest BCUT2D eigenvalue weighted by Gasteiger charge is 2.44. The van der Waals surface area contributed by atoms with Gasteiger partial charge in [0.15, 0.2) is 9.84 Å². The zero-order valence-electron chi connectivity index (χ0n) is 12.4. The average molecular weight is 297 g/mol. The van der Waals surface area contributed by atoms with Crippen molar-refractivity contribution in [3.8, 4) is 0 Å². The largest absolute Gasteiger partial charge is 0.324 e. The molecule has 20 heavy (non-hydrogen) atoms. The SMILES string of the molecule is CC1(C)Cc2c(cnn2C2(C)CCS(=O)(=O)C2)C(N)C1. The Morgan fingerprint density at radius 1 is 1.40 bits per heavy atom. The molecule has 1 aromatic heterocycles. The van der Waals surface area contributed by atoms with Gasteiger partial charge in [-0.15, -0.1) is 0 Å². The van der Waals surface area contributed by atoms with E-state index in [0.29, 0.717) is 6.42 Å². The van der Waals surface area contributed by atoms with Gasteiger partial charge >= 0.3 is 0 Å². The summed E-state index contributed by atoms with van der Waals surface area (Å²) in [5.41, 5.74) is 8.20. The fraction of sp³-hybridized carbons (Fsp3) is 0.786. The van der Waals surface area contributed by atoms with Crippen LogP contribution in [0.3, 0.4) is 0 Å². The molecule has 0 bridgehead atoms. The molecule has 1 aromatic rings. The maximum absolute atomic E-state index is 11.8. The van der Waals surface area contributed by atoms with Crippen LogP contribution in [-0.2, 0) is 21.8 Å². The van der Waals surface area contributed by atoms with Crippen LogP contribution in [0.2, 0.25) is 0 Å². The smallest absolute Gasteiger partial charge is 0.152 e. The van der Waals surface area contributed by atoms with E-state index in [9.17, 15) is 8.42 Å². The predicted octanol–water partition coefficient (Wildman–Crippen LogP) is 1.39. The molecule has 2 atom stereocenters. The van der Waals surface area contributed by atoms with Crippen molar-refractivity contribution < 1.29 is 8.42 Å². The maximum atomic E-state index is 11.8. The molecule has 0 aromatic carbocycles. The van der Waals surface area contributed by atoms with E-state index in [4.69, 9.17) is 5.73 Å². The number of nitrogens with zero attached hydrogens (tertiary/aromatic N) is 2. The first kappa shape index (κ1) is 14.1. The van der Waals surface area contributed by atoms with Gasteiger partial charge in [0, 0.05) is 17.3 Å². The fourth-order valence-electron chi connectivity index (χ4n) is 3.73. The monoisotopic (exact) mass is 297 g/mol. The zero-order valence-corrected chi connectivity index (χ0v) is 13.2. The molecule has 1 fully saturated rings. The quantitative estimate of drug-likeness (QED) is 0.849. The second-order valence-corrected chi connectivity index (χ2v) is 9.63. The molecule has 1 aliphatic heterocycles. The third-order valence-electron chi connectivity index (χ3n) is 4.71. The van der Waals surface area contributed by atoms with E-state index in [-0.39, 0.29) is 23.0 Å². The molecule has 2 unspecified atom stereocenters. The Morgan fingerprint density at radius 2 is 2.10 bits per heavy atom. The van der Waals surface area contributed by atoms with Gasteiger partial charge in [0.1, 0.15) is 0 Å². The molecule has 1 saturated heterocycles. The van der Waals surface area contributed by atoms with Crippen molar-refractivity contribution in [2.45, 2.75) is 51.6 Å². The summed E-state index contributed by atoms with van der Waals surface area (Å²) in [5, 5.41) is 4.51. The van der Waals surface area contributed by atoms with E-state index in [0.717, 1.165) is 24.1 Å². The van der Waals surface area contributed by atoms with Gasteiger partial charge in [-0.25, -0.2) is 8.42 Å². The molecule has 1 aliphatic carbocycles. The minimum absolute atomic E-state index is 0.00381. The second kappa shape index (κ2) is 4.07. The van der Waals surface area contributed by atoms with Crippen molar-refractivity contribution in [2.75, 3.05) is 11.5 Å². The zero-order chi connectivity index (χ0) is 14.8. The van der Waals surface area contributed by atoms with Gasteiger partial charge in [-0.1, -0.05) is 13.8 Å². The highest BCUT2D eigenvalue weighted by molar-refractivity contribution is 7.91. The van der Waals surface area contributed by atoms with Gasteiger partial charge in [-0.2, -0.15) is 5.10 Å². The normalized spacial score (nSPS) is 34.9. The van der Waals surface area contributed by atoms with Gasteiger partial charge in [0.2, 0.25) is 0 Å². The molecular formula is C14H23N3O2S. The first-order valence-electron chi connectivity index (χ1n) is 7.15. The standard InChI is InChI=1S/C14H23N3O2S/c1-13(2)6-11(15)10-8-16-17(12(10)7-13)14(3)4-5-20(18,19)9-14/h8,11H,4-7,9,15H2,1-3H3. The lowest BCUT2D eigenvalue weighted by Crippen LogP contribution is -2.37. The molecule has 2 aliphatic rings. The Balaban J connectivity index is 2.06. The van der Waals surface area contributed by atoms with Crippen LogP contribution >= 0.6 is 0 Å². The van der Waals surface area contributed by atoms with Crippen LogP contribution in [0.4, 0.5) is 0 Å². The molecule has 0 amide bonds.